The van der Waals surface area contributed by atoms with Crippen molar-refractivity contribution in [3.63, 3.8) is 0 Å². The molecule has 4 N–H and O–H groups in total. The number of carboxylic acids is 1. The first-order chi connectivity index (χ1) is 9.32. The van der Waals surface area contributed by atoms with E-state index in [9.17, 15) is 9.59 Å². The fourth-order valence-electron chi connectivity index (χ4n) is 1.23. The number of hydrogen-bond acceptors (Lipinski definition) is 3. The van der Waals surface area contributed by atoms with Gasteiger partial charge in [0.25, 0.3) is 0 Å². The van der Waals surface area contributed by atoms with Gasteiger partial charge in [-0.3, -0.25) is 0 Å². The SMILES string of the molecule is O=C(NCC[C@H](O)C(=O)O)Nc1ccc(Br)c(Cl)c1Cl. The summed E-state index contributed by atoms with van der Waals surface area (Å²) in [6.07, 6.45) is -1.61. The maximum Gasteiger partial charge on any atom is 0.332 e. The first kappa shape index (κ1) is 17.0. The summed E-state index contributed by atoms with van der Waals surface area (Å²) < 4.78 is 0.597. The second-order valence-electron chi connectivity index (χ2n) is 3.75. The van der Waals surface area contributed by atoms with E-state index < -0.39 is 18.1 Å². The highest BCUT2D eigenvalue weighted by Gasteiger charge is 2.14. The lowest BCUT2D eigenvalue weighted by molar-refractivity contribution is -0.146. The molecule has 1 rings (SSSR count). The zero-order valence-electron chi connectivity index (χ0n) is 9.99. The lowest BCUT2D eigenvalue weighted by Crippen LogP contribution is -2.33. The van der Waals surface area contributed by atoms with Gasteiger partial charge in [0.15, 0.2) is 6.10 Å². The van der Waals surface area contributed by atoms with E-state index in [1.165, 1.54) is 0 Å². The van der Waals surface area contributed by atoms with Crippen molar-refractivity contribution in [2.24, 2.45) is 0 Å². The number of carbonyl (C=O) groups is 2. The number of urea groups is 1. The molecular weight excluding hydrogens is 375 g/mol. The van der Waals surface area contributed by atoms with E-state index in [2.05, 4.69) is 26.6 Å². The molecule has 0 fully saturated rings. The lowest BCUT2D eigenvalue weighted by atomic mass is 10.2. The van der Waals surface area contributed by atoms with Crippen LogP contribution in [0.15, 0.2) is 16.6 Å². The zero-order valence-corrected chi connectivity index (χ0v) is 13.1. The molecule has 0 spiro atoms. The normalized spacial score (nSPS) is 11.8. The predicted molar refractivity (Wildman–Crippen MR) is 79.4 cm³/mol. The van der Waals surface area contributed by atoms with Crippen molar-refractivity contribution in [3.8, 4) is 0 Å². The second kappa shape index (κ2) is 7.68. The number of nitrogens with one attached hydrogen (secondary N) is 2. The summed E-state index contributed by atoms with van der Waals surface area (Å²) in [4.78, 5) is 21.9. The molecule has 6 nitrogen and oxygen atoms in total. The molecule has 1 aromatic rings. The number of anilines is 1. The van der Waals surface area contributed by atoms with Crippen molar-refractivity contribution in [2.75, 3.05) is 11.9 Å². The quantitative estimate of drug-likeness (QED) is 0.585. The number of aliphatic hydroxyl groups excluding tert-OH is 1. The average Bonchev–Trinajstić information content (AvgIpc) is 2.39. The van der Waals surface area contributed by atoms with E-state index in [1.54, 1.807) is 12.1 Å². The molecule has 0 saturated heterocycles. The highest BCUT2D eigenvalue weighted by atomic mass is 79.9. The third-order valence-electron chi connectivity index (χ3n) is 2.27. The van der Waals surface area contributed by atoms with Gasteiger partial charge in [-0.15, -0.1) is 0 Å². The fourth-order valence-corrected chi connectivity index (χ4v) is 2.06. The van der Waals surface area contributed by atoms with Crippen LogP contribution in [0.2, 0.25) is 10.0 Å². The molecule has 0 unspecified atom stereocenters. The molecule has 0 aliphatic heterocycles. The van der Waals surface area contributed by atoms with Gasteiger partial charge in [0, 0.05) is 17.4 Å². The Kier molecular flexibility index (Phi) is 6.54. The third-order valence-corrected chi connectivity index (χ3v) is 4.04. The standard InChI is InChI=1S/C11H11BrCl2N2O4/c12-5-1-2-6(9(14)8(5)13)16-11(20)15-4-3-7(17)10(18)19/h1-2,7,17H,3-4H2,(H,18,19)(H2,15,16,20)/t7-/m0/s1. The van der Waals surface area contributed by atoms with Gasteiger partial charge < -0.3 is 20.8 Å². The Balaban J connectivity index is 2.51. The Bertz CT molecular complexity index is 527. The minimum absolute atomic E-state index is 0.00117. The highest BCUT2D eigenvalue weighted by molar-refractivity contribution is 9.10. The molecule has 0 aliphatic carbocycles. The Hall–Kier alpha value is -1.02. The van der Waals surface area contributed by atoms with Gasteiger partial charge in [-0.1, -0.05) is 23.2 Å². The number of carboxylic acid groups (broad SMARTS) is 1. The molecule has 0 aromatic heterocycles. The van der Waals surface area contributed by atoms with Crippen LogP contribution in [0, 0.1) is 0 Å². The van der Waals surface area contributed by atoms with Crippen LogP contribution < -0.4 is 10.6 Å². The van der Waals surface area contributed by atoms with Crippen LogP contribution in [0.5, 0.6) is 0 Å². The van der Waals surface area contributed by atoms with Gasteiger partial charge in [0.2, 0.25) is 0 Å². The van der Waals surface area contributed by atoms with Crippen molar-refractivity contribution >= 4 is 56.8 Å². The number of halogens is 3. The summed E-state index contributed by atoms with van der Waals surface area (Å²) in [5.74, 6) is -1.34. The van der Waals surface area contributed by atoms with Crippen molar-refractivity contribution in [1.82, 2.24) is 5.32 Å². The Labute approximate surface area is 133 Å². The molecule has 0 saturated carbocycles. The van der Waals surface area contributed by atoms with Gasteiger partial charge >= 0.3 is 12.0 Å². The van der Waals surface area contributed by atoms with Gasteiger partial charge in [0.05, 0.1) is 15.7 Å². The number of benzene rings is 1. The van der Waals surface area contributed by atoms with E-state index >= 15 is 0 Å². The molecule has 110 valence electrons. The highest BCUT2D eigenvalue weighted by Crippen LogP contribution is 2.35. The summed E-state index contributed by atoms with van der Waals surface area (Å²) in [7, 11) is 0. The molecule has 0 radical (unpaired) electrons. The fraction of sp³-hybridized carbons (Fsp3) is 0.273. The van der Waals surface area contributed by atoms with Crippen LogP contribution in [-0.2, 0) is 4.79 Å². The maximum atomic E-state index is 11.5. The van der Waals surface area contributed by atoms with Gasteiger partial charge in [-0.2, -0.15) is 0 Å². The average molecular weight is 386 g/mol. The third kappa shape index (κ3) is 4.82. The van der Waals surface area contributed by atoms with Crippen LogP contribution >= 0.6 is 39.1 Å². The van der Waals surface area contributed by atoms with Crippen molar-refractivity contribution in [1.29, 1.82) is 0 Å². The molecule has 20 heavy (non-hydrogen) atoms. The molecule has 1 atom stereocenters. The van der Waals surface area contributed by atoms with Crippen LogP contribution in [0.1, 0.15) is 6.42 Å². The smallest absolute Gasteiger partial charge is 0.332 e. The van der Waals surface area contributed by atoms with Crippen LogP contribution in [0.4, 0.5) is 10.5 Å². The molecule has 0 bridgehead atoms. The maximum absolute atomic E-state index is 11.5. The zero-order chi connectivity index (χ0) is 15.3. The van der Waals surface area contributed by atoms with Crippen molar-refractivity contribution in [3.05, 3.63) is 26.7 Å². The molecule has 2 amide bonds. The van der Waals surface area contributed by atoms with Gasteiger partial charge in [-0.25, -0.2) is 9.59 Å². The summed E-state index contributed by atoms with van der Waals surface area (Å²) in [6, 6.07) is 2.60. The minimum atomic E-state index is -1.51. The lowest BCUT2D eigenvalue weighted by Gasteiger charge is -2.11. The summed E-state index contributed by atoms with van der Waals surface area (Å²) in [6.45, 7) is 0.00117. The second-order valence-corrected chi connectivity index (χ2v) is 5.36. The van der Waals surface area contributed by atoms with E-state index in [4.69, 9.17) is 33.4 Å². The van der Waals surface area contributed by atoms with Crippen molar-refractivity contribution in [2.45, 2.75) is 12.5 Å². The topological polar surface area (TPSA) is 98.7 Å². The summed E-state index contributed by atoms with van der Waals surface area (Å²) in [5.41, 5.74) is 0.316. The first-order valence-corrected chi connectivity index (χ1v) is 6.97. The number of carbonyl (C=O) groups excluding carboxylic acids is 1. The van der Waals surface area contributed by atoms with Crippen molar-refractivity contribution < 1.29 is 19.8 Å². The molecule has 0 aliphatic rings. The summed E-state index contributed by atoms with van der Waals surface area (Å²) >= 11 is 15.0. The Morgan fingerprint density at radius 2 is 1.95 bits per heavy atom. The number of rotatable bonds is 5. The van der Waals surface area contributed by atoms with E-state index in [1.807, 2.05) is 0 Å². The van der Waals surface area contributed by atoms with Crippen LogP contribution in [-0.4, -0.2) is 34.9 Å². The summed E-state index contributed by atoms with van der Waals surface area (Å²) in [5, 5.41) is 22.8. The molecular formula is C11H11BrCl2N2O4. The monoisotopic (exact) mass is 384 g/mol. The number of aliphatic carboxylic acids is 1. The largest absolute Gasteiger partial charge is 0.479 e. The molecule has 0 heterocycles. The Morgan fingerprint density at radius 1 is 1.30 bits per heavy atom. The van der Waals surface area contributed by atoms with Crippen LogP contribution in [0.3, 0.4) is 0 Å². The number of amides is 2. The van der Waals surface area contributed by atoms with E-state index in [-0.39, 0.29) is 23.0 Å². The predicted octanol–water partition coefficient (Wildman–Crippen LogP) is 2.71. The Morgan fingerprint density at radius 3 is 2.55 bits per heavy atom. The molecule has 9 heteroatoms. The van der Waals surface area contributed by atoms with Crippen LogP contribution in [0.25, 0.3) is 0 Å². The minimum Gasteiger partial charge on any atom is -0.479 e. The van der Waals surface area contributed by atoms with Gasteiger partial charge in [-0.05, 0) is 28.1 Å². The van der Waals surface area contributed by atoms with E-state index in [0.717, 1.165) is 0 Å². The molecule has 1 aromatic carbocycles. The number of hydrogen-bond donors (Lipinski definition) is 4. The van der Waals surface area contributed by atoms with E-state index in [0.29, 0.717) is 10.2 Å². The number of aliphatic hydroxyl groups is 1. The first-order valence-electron chi connectivity index (χ1n) is 5.42. The van der Waals surface area contributed by atoms with Gasteiger partial charge in [0.1, 0.15) is 0 Å².